The van der Waals surface area contributed by atoms with E-state index >= 15 is 0 Å². The summed E-state index contributed by atoms with van der Waals surface area (Å²) in [7, 11) is 0. The van der Waals surface area contributed by atoms with Crippen molar-refractivity contribution in [3.05, 3.63) is 42.2 Å². The lowest BCUT2D eigenvalue weighted by Crippen LogP contribution is -2.15. The van der Waals surface area contributed by atoms with E-state index in [1.807, 2.05) is 18.5 Å². The van der Waals surface area contributed by atoms with Gasteiger partial charge in [-0.2, -0.15) is 0 Å². The highest BCUT2D eigenvalue weighted by Gasteiger charge is 2.19. The molecule has 0 atom stereocenters. The van der Waals surface area contributed by atoms with E-state index in [9.17, 15) is 0 Å². The van der Waals surface area contributed by atoms with Crippen LogP contribution >= 0.6 is 0 Å². The summed E-state index contributed by atoms with van der Waals surface area (Å²) in [5, 5.41) is 6.01. The standard InChI is InChI=1S/C15H15N3/c1-4-12-13-9-16-6-5-14(13)18-15(12)7-10(1)8-17-11-2-3-11/h1,4-7,9,11,17-18H,2-3,8H2. The molecule has 2 N–H and O–H groups in total. The van der Waals surface area contributed by atoms with Crippen molar-refractivity contribution >= 4 is 21.8 Å². The Morgan fingerprint density at radius 3 is 3.00 bits per heavy atom. The van der Waals surface area contributed by atoms with Gasteiger partial charge in [-0.15, -0.1) is 0 Å². The lowest BCUT2D eigenvalue weighted by atomic mass is 10.1. The van der Waals surface area contributed by atoms with Gasteiger partial charge < -0.3 is 10.3 Å². The summed E-state index contributed by atoms with van der Waals surface area (Å²) in [5.41, 5.74) is 3.70. The zero-order valence-corrected chi connectivity index (χ0v) is 10.1. The molecule has 1 aliphatic carbocycles. The van der Waals surface area contributed by atoms with Crippen LogP contribution in [-0.4, -0.2) is 16.0 Å². The first-order valence-corrected chi connectivity index (χ1v) is 6.48. The minimum Gasteiger partial charge on any atom is -0.354 e. The summed E-state index contributed by atoms with van der Waals surface area (Å²) in [6.45, 7) is 0.966. The highest BCUT2D eigenvalue weighted by molar-refractivity contribution is 6.06. The number of nitrogens with zero attached hydrogens (tertiary/aromatic N) is 1. The van der Waals surface area contributed by atoms with E-state index in [2.05, 4.69) is 33.5 Å². The Kier molecular flexibility index (Phi) is 2.14. The highest BCUT2D eigenvalue weighted by Crippen LogP contribution is 2.25. The second-order valence-corrected chi connectivity index (χ2v) is 5.08. The molecule has 18 heavy (non-hydrogen) atoms. The van der Waals surface area contributed by atoms with Gasteiger partial charge >= 0.3 is 0 Å². The van der Waals surface area contributed by atoms with Gasteiger partial charge in [-0.3, -0.25) is 4.98 Å². The van der Waals surface area contributed by atoms with E-state index in [-0.39, 0.29) is 0 Å². The third-order valence-corrected chi connectivity index (χ3v) is 3.64. The third-order valence-electron chi connectivity index (χ3n) is 3.64. The largest absolute Gasteiger partial charge is 0.354 e. The van der Waals surface area contributed by atoms with Gasteiger partial charge in [0.05, 0.1) is 0 Å². The lowest BCUT2D eigenvalue weighted by molar-refractivity contribution is 0.688. The SMILES string of the molecule is c1cc2[nH]c3cc(CNC4CC4)ccc3c2cn1. The molecule has 3 heteroatoms. The van der Waals surface area contributed by atoms with E-state index in [0.29, 0.717) is 0 Å². The van der Waals surface area contributed by atoms with Crippen molar-refractivity contribution < 1.29 is 0 Å². The normalized spacial score (nSPS) is 15.6. The topological polar surface area (TPSA) is 40.7 Å². The lowest BCUT2D eigenvalue weighted by Gasteiger charge is -2.02. The molecule has 1 aliphatic rings. The molecule has 1 aromatic carbocycles. The van der Waals surface area contributed by atoms with Gasteiger partial charge in [-0.05, 0) is 30.5 Å². The zero-order chi connectivity index (χ0) is 11.9. The van der Waals surface area contributed by atoms with Gasteiger partial charge in [-0.25, -0.2) is 0 Å². The summed E-state index contributed by atoms with van der Waals surface area (Å²) < 4.78 is 0. The van der Waals surface area contributed by atoms with Crippen molar-refractivity contribution in [2.45, 2.75) is 25.4 Å². The number of rotatable bonds is 3. The molecule has 0 radical (unpaired) electrons. The molecule has 0 spiro atoms. The van der Waals surface area contributed by atoms with Crippen LogP contribution in [-0.2, 0) is 6.54 Å². The Balaban J connectivity index is 1.76. The zero-order valence-electron chi connectivity index (χ0n) is 10.1. The summed E-state index contributed by atoms with van der Waals surface area (Å²) in [4.78, 5) is 7.65. The minimum atomic E-state index is 0.757. The maximum atomic E-state index is 4.19. The van der Waals surface area contributed by atoms with Gasteiger partial charge in [0.1, 0.15) is 0 Å². The number of H-pyrrole nitrogens is 1. The van der Waals surface area contributed by atoms with Crippen LogP contribution in [0.4, 0.5) is 0 Å². The van der Waals surface area contributed by atoms with Gasteiger partial charge in [0, 0.05) is 46.8 Å². The fourth-order valence-corrected chi connectivity index (χ4v) is 2.45. The summed E-state index contributed by atoms with van der Waals surface area (Å²) in [6, 6.07) is 9.42. The van der Waals surface area contributed by atoms with Crippen LogP contribution in [0.25, 0.3) is 21.8 Å². The van der Waals surface area contributed by atoms with Crippen LogP contribution in [0.2, 0.25) is 0 Å². The Morgan fingerprint density at radius 1 is 1.17 bits per heavy atom. The number of aromatic nitrogens is 2. The summed E-state index contributed by atoms with van der Waals surface area (Å²) >= 11 is 0. The molecular weight excluding hydrogens is 222 g/mol. The molecule has 3 aromatic rings. The number of pyridine rings is 1. The molecule has 0 amide bonds. The monoisotopic (exact) mass is 237 g/mol. The van der Waals surface area contributed by atoms with Gasteiger partial charge in [-0.1, -0.05) is 12.1 Å². The van der Waals surface area contributed by atoms with E-state index in [0.717, 1.165) is 18.1 Å². The molecule has 2 heterocycles. The van der Waals surface area contributed by atoms with Gasteiger partial charge in [0.15, 0.2) is 0 Å². The van der Waals surface area contributed by atoms with Crippen molar-refractivity contribution in [2.75, 3.05) is 0 Å². The summed E-state index contributed by atoms with van der Waals surface area (Å²) in [6.07, 6.45) is 6.42. The Morgan fingerprint density at radius 2 is 2.11 bits per heavy atom. The first-order valence-electron chi connectivity index (χ1n) is 6.48. The fourth-order valence-electron chi connectivity index (χ4n) is 2.45. The van der Waals surface area contributed by atoms with Gasteiger partial charge in [0.2, 0.25) is 0 Å². The predicted octanol–water partition coefficient (Wildman–Crippen LogP) is 2.97. The van der Waals surface area contributed by atoms with Crippen molar-refractivity contribution in [3.63, 3.8) is 0 Å². The molecule has 0 unspecified atom stereocenters. The minimum absolute atomic E-state index is 0.757. The number of aromatic amines is 1. The van der Waals surface area contributed by atoms with Crippen molar-refractivity contribution in [3.8, 4) is 0 Å². The predicted molar refractivity (Wildman–Crippen MR) is 73.5 cm³/mol. The molecule has 0 saturated heterocycles. The van der Waals surface area contributed by atoms with E-state index in [1.165, 1.54) is 34.7 Å². The van der Waals surface area contributed by atoms with E-state index in [4.69, 9.17) is 0 Å². The average molecular weight is 237 g/mol. The van der Waals surface area contributed by atoms with E-state index < -0.39 is 0 Å². The number of hydrogen-bond donors (Lipinski definition) is 2. The first-order chi connectivity index (χ1) is 8.90. The Labute approximate surface area is 105 Å². The molecule has 0 aliphatic heterocycles. The van der Waals surface area contributed by atoms with Gasteiger partial charge in [0.25, 0.3) is 0 Å². The van der Waals surface area contributed by atoms with Crippen LogP contribution in [0.5, 0.6) is 0 Å². The van der Waals surface area contributed by atoms with Crippen molar-refractivity contribution in [2.24, 2.45) is 0 Å². The maximum absolute atomic E-state index is 4.19. The fraction of sp³-hybridized carbons (Fsp3) is 0.267. The molecule has 4 rings (SSSR count). The van der Waals surface area contributed by atoms with Crippen LogP contribution in [0.15, 0.2) is 36.7 Å². The number of fused-ring (bicyclic) bond motifs is 3. The van der Waals surface area contributed by atoms with E-state index in [1.54, 1.807) is 0 Å². The van der Waals surface area contributed by atoms with Crippen LogP contribution in [0, 0.1) is 0 Å². The molecule has 90 valence electrons. The van der Waals surface area contributed by atoms with Crippen LogP contribution in [0.1, 0.15) is 18.4 Å². The average Bonchev–Trinajstić information content (AvgIpc) is 3.16. The smallest absolute Gasteiger partial charge is 0.0495 e. The Bertz CT molecular complexity index is 710. The Hall–Kier alpha value is -1.87. The summed E-state index contributed by atoms with van der Waals surface area (Å²) in [5.74, 6) is 0. The number of hydrogen-bond acceptors (Lipinski definition) is 2. The molecule has 3 nitrogen and oxygen atoms in total. The van der Waals surface area contributed by atoms with Crippen LogP contribution in [0.3, 0.4) is 0 Å². The van der Waals surface area contributed by atoms with Crippen LogP contribution < -0.4 is 5.32 Å². The number of benzene rings is 1. The highest BCUT2D eigenvalue weighted by atomic mass is 14.9. The first kappa shape index (κ1) is 10.1. The third kappa shape index (κ3) is 1.68. The van der Waals surface area contributed by atoms with Crippen molar-refractivity contribution in [1.82, 2.24) is 15.3 Å². The molecule has 1 fully saturated rings. The maximum Gasteiger partial charge on any atom is 0.0495 e. The molecule has 2 aromatic heterocycles. The molecular formula is C15H15N3. The second kappa shape index (κ2) is 3.82. The van der Waals surface area contributed by atoms with Crippen molar-refractivity contribution in [1.29, 1.82) is 0 Å². The molecule has 0 bridgehead atoms. The second-order valence-electron chi connectivity index (χ2n) is 5.08. The molecule has 1 saturated carbocycles. The number of nitrogens with one attached hydrogen (secondary N) is 2. The quantitative estimate of drug-likeness (QED) is 0.735.